The summed E-state index contributed by atoms with van der Waals surface area (Å²) in [4.78, 5) is 21.1. The minimum atomic E-state index is -0.391. The average molecular weight is 392 g/mol. The smallest absolute Gasteiger partial charge is 0.275 e. The molecule has 150 valence electrons. The summed E-state index contributed by atoms with van der Waals surface area (Å²) in [6.45, 7) is 4.26. The number of hydrogen-bond donors (Lipinski definition) is 2. The summed E-state index contributed by atoms with van der Waals surface area (Å²) in [5.41, 5.74) is 2.83. The van der Waals surface area contributed by atoms with Crippen molar-refractivity contribution in [2.45, 2.75) is 19.8 Å². The van der Waals surface area contributed by atoms with Crippen LogP contribution in [-0.2, 0) is 0 Å². The second kappa shape index (κ2) is 9.05. The number of ether oxygens (including phenoxy) is 2. The van der Waals surface area contributed by atoms with Crippen LogP contribution in [0.25, 0.3) is 0 Å². The molecule has 0 saturated heterocycles. The first-order valence-corrected chi connectivity index (χ1v) is 9.23. The van der Waals surface area contributed by atoms with Gasteiger partial charge in [0.25, 0.3) is 5.91 Å². The molecule has 0 atom stereocenters. The topological polar surface area (TPSA) is 85.4 Å². The highest BCUT2D eigenvalue weighted by atomic mass is 16.5. The fourth-order valence-electron chi connectivity index (χ4n) is 2.86. The SMILES string of the molecule is COc1ccc(OC)c(NC(=O)c2cnc(Nc3ccccc3C(C)C)cn2)c1. The number of carbonyl (C=O) groups excluding carboxylic acids is 1. The van der Waals surface area contributed by atoms with Crippen molar-refractivity contribution in [3.8, 4) is 11.5 Å². The Balaban J connectivity index is 1.75. The Kier molecular flexibility index (Phi) is 6.29. The quantitative estimate of drug-likeness (QED) is 0.611. The van der Waals surface area contributed by atoms with Gasteiger partial charge < -0.3 is 20.1 Å². The zero-order chi connectivity index (χ0) is 20.8. The van der Waals surface area contributed by atoms with E-state index in [0.29, 0.717) is 28.9 Å². The lowest BCUT2D eigenvalue weighted by Gasteiger charge is -2.14. The minimum absolute atomic E-state index is 0.192. The van der Waals surface area contributed by atoms with Crippen LogP contribution in [0, 0.1) is 0 Å². The molecule has 29 heavy (non-hydrogen) atoms. The van der Waals surface area contributed by atoms with Gasteiger partial charge >= 0.3 is 0 Å². The van der Waals surface area contributed by atoms with Crippen molar-refractivity contribution < 1.29 is 14.3 Å². The summed E-state index contributed by atoms with van der Waals surface area (Å²) in [5, 5.41) is 6.04. The average Bonchev–Trinajstić information content (AvgIpc) is 2.74. The van der Waals surface area contributed by atoms with Gasteiger partial charge in [-0.2, -0.15) is 0 Å². The molecule has 7 nitrogen and oxygen atoms in total. The van der Waals surface area contributed by atoms with Gasteiger partial charge in [0.1, 0.15) is 23.0 Å². The van der Waals surface area contributed by atoms with Crippen LogP contribution in [0.4, 0.5) is 17.2 Å². The summed E-state index contributed by atoms with van der Waals surface area (Å²) in [5.74, 6) is 1.67. The van der Waals surface area contributed by atoms with E-state index in [1.165, 1.54) is 25.1 Å². The van der Waals surface area contributed by atoms with E-state index in [4.69, 9.17) is 9.47 Å². The van der Waals surface area contributed by atoms with Crippen molar-refractivity contribution >= 4 is 23.1 Å². The maximum atomic E-state index is 12.6. The number of amides is 1. The summed E-state index contributed by atoms with van der Waals surface area (Å²) >= 11 is 0. The minimum Gasteiger partial charge on any atom is -0.497 e. The van der Waals surface area contributed by atoms with Crippen molar-refractivity contribution in [1.82, 2.24) is 9.97 Å². The van der Waals surface area contributed by atoms with Gasteiger partial charge in [0.2, 0.25) is 0 Å². The Morgan fingerprint density at radius 2 is 1.76 bits per heavy atom. The largest absolute Gasteiger partial charge is 0.497 e. The Labute approximate surface area is 170 Å². The molecule has 3 aromatic rings. The number of nitrogens with one attached hydrogen (secondary N) is 2. The Morgan fingerprint density at radius 3 is 2.41 bits per heavy atom. The van der Waals surface area contributed by atoms with Crippen molar-refractivity contribution in [2.24, 2.45) is 0 Å². The molecule has 0 spiro atoms. The molecule has 0 aliphatic heterocycles. The van der Waals surface area contributed by atoms with E-state index in [1.54, 1.807) is 25.3 Å². The first kappa shape index (κ1) is 20.1. The van der Waals surface area contributed by atoms with Crippen LogP contribution < -0.4 is 20.1 Å². The highest BCUT2D eigenvalue weighted by Gasteiger charge is 2.13. The number of aromatic nitrogens is 2. The molecule has 0 aliphatic carbocycles. The number of carbonyl (C=O) groups is 1. The van der Waals surface area contributed by atoms with Crippen LogP contribution in [0.1, 0.15) is 35.8 Å². The third-order valence-electron chi connectivity index (χ3n) is 4.38. The Morgan fingerprint density at radius 1 is 0.966 bits per heavy atom. The van der Waals surface area contributed by atoms with Gasteiger partial charge in [0.05, 0.1) is 32.3 Å². The number of para-hydroxylation sites is 1. The van der Waals surface area contributed by atoms with Gasteiger partial charge in [0.15, 0.2) is 0 Å². The predicted molar refractivity (Wildman–Crippen MR) is 113 cm³/mol. The Bertz CT molecular complexity index is 988. The standard InChI is InChI=1S/C22H24N4O3/c1-14(2)16-7-5-6-8-17(16)25-21-13-23-19(12-24-21)22(27)26-18-11-15(28-3)9-10-20(18)29-4/h5-14H,1-4H3,(H,24,25)(H,26,27). The van der Waals surface area contributed by atoms with Crippen molar-refractivity contribution in [2.75, 3.05) is 24.9 Å². The number of hydrogen-bond acceptors (Lipinski definition) is 6. The first-order chi connectivity index (χ1) is 14.0. The molecule has 1 heterocycles. The number of rotatable bonds is 7. The van der Waals surface area contributed by atoms with Crippen LogP contribution in [0.2, 0.25) is 0 Å². The maximum Gasteiger partial charge on any atom is 0.275 e. The van der Waals surface area contributed by atoms with E-state index in [2.05, 4.69) is 40.5 Å². The van der Waals surface area contributed by atoms with Gasteiger partial charge in [0, 0.05) is 11.8 Å². The Hall–Kier alpha value is -3.61. The summed E-state index contributed by atoms with van der Waals surface area (Å²) in [6, 6.07) is 13.2. The molecule has 0 saturated carbocycles. The van der Waals surface area contributed by atoms with Crippen molar-refractivity contribution in [1.29, 1.82) is 0 Å². The molecular weight excluding hydrogens is 368 g/mol. The lowest BCUT2D eigenvalue weighted by atomic mass is 10.0. The molecule has 1 aromatic heterocycles. The highest BCUT2D eigenvalue weighted by Crippen LogP contribution is 2.29. The highest BCUT2D eigenvalue weighted by molar-refractivity contribution is 6.03. The van der Waals surface area contributed by atoms with Gasteiger partial charge in [-0.05, 0) is 29.7 Å². The second-order valence-electron chi connectivity index (χ2n) is 6.67. The molecule has 7 heteroatoms. The van der Waals surface area contributed by atoms with Gasteiger partial charge in [-0.3, -0.25) is 4.79 Å². The predicted octanol–water partition coefficient (Wildman–Crippen LogP) is 4.61. The fourth-order valence-corrected chi connectivity index (χ4v) is 2.86. The summed E-state index contributed by atoms with van der Waals surface area (Å²) in [6.07, 6.45) is 2.97. The third kappa shape index (κ3) is 4.82. The monoisotopic (exact) mass is 392 g/mol. The normalized spacial score (nSPS) is 10.5. The molecule has 0 fully saturated rings. The fraction of sp³-hybridized carbons (Fsp3) is 0.227. The molecule has 0 aliphatic rings. The van der Waals surface area contributed by atoms with Crippen LogP contribution in [0.5, 0.6) is 11.5 Å². The first-order valence-electron chi connectivity index (χ1n) is 9.23. The number of nitrogens with zero attached hydrogens (tertiary/aromatic N) is 2. The number of benzene rings is 2. The van der Waals surface area contributed by atoms with Crippen molar-refractivity contribution in [3.63, 3.8) is 0 Å². The molecule has 2 N–H and O–H groups in total. The molecular formula is C22H24N4O3. The van der Waals surface area contributed by atoms with E-state index >= 15 is 0 Å². The van der Waals surface area contributed by atoms with Crippen molar-refractivity contribution in [3.05, 3.63) is 66.1 Å². The van der Waals surface area contributed by atoms with Crippen LogP contribution in [0.3, 0.4) is 0 Å². The molecule has 2 aromatic carbocycles. The van der Waals surface area contributed by atoms with Crippen LogP contribution >= 0.6 is 0 Å². The van der Waals surface area contributed by atoms with Crippen LogP contribution in [-0.4, -0.2) is 30.1 Å². The van der Waals surface area contributed by atoms with E-state index in [0.717, 1.165) is 5.69 Å². The van der Waals surface area contributed by atoms with E-state index in [-0.39, 0.29) is 5.69 Å². The third-order valence-corrected chi connectivity index (χ3v) is 4.38. The lowest BCUT2D eigenvalue weighted by molar-refractivity contribution is 0.102. The summed E-state index contributed by atoms with van der Waals surface area (Å²) in [7, 11) is 3.09. The van der Waals surface area contributed by atoms with Gasteiger partial charge in [-0.1, -0.05) is 32.0 Å². The molecule has 0 unspecified atom stereocenters. The van der Waals surface area contributed by atoms with Gasteiger partial charge in [-0.15, -0.1) is 0 Å². The lowest BCUT2D eigenvalue weighted by Crippen LogP contribution is -2.15. The molecule has 0 radical (unpaired) electrons. The van der Waals surface area contributed by atoms with E-state index < -0.39 is 5.91 Å². The van der Waals surface area contributed by atoms with E-state index in [9.17, 15) is 4.79 Å². The maximum absolute atomic E-state index is 12.6. The zero-order valence-corrected chi connectivity index (χ0v) is 16.9. The molecule has 0 bridgehead atoms. The zero-order valence-electron chi connectivity index (χ0n) is 16.9. The summed E-state index contributed by atoms with van der Waals surface area (Å²) < 4.78 is 10.5. The number of anilines is 3. The van der Waals surface area contributed by atoms with Crippen LogP contribution in [0.15, 0.2) is 54.9 Å². The molecule has 1 amide bonds. The second-order valence-corrected chi connectivity index (χ2v) is 6.67. The van der Waals surface area contributed by atoms with Gasteiger partial charge in [-0.25, -0.2) is 9.97 Å². The number of methoxy groups -OCH3 is 2. The van der Waals surface area contributed by atoms with E-state index in [1.807, 2.05) is 18.2 Å². The molecule has 3 rings (SSSR count).